The largest absolute Gasteiger partial charge is 0.376 e. The highest BCUT2D eigenvalue weighted by Gasteiger charge is 2.11. The number of hydrogen-bond donors (Lipinski definition) is 0. The summed E-state index contributed by atoms with van der Waals surface area (Å²) < 4.78 is 32.1. The third-order valence-electron chi connectivity index (χ3n) is 3.18. The molecule has 271 valence electrons. The monoisotopic (exact) mass is 614 g/mol. The maximum Gasteiger partial charge on any atom is 0.152 e. The second-order valence-corrected chi connectivity index (χ2v) is 11.3. The molecule has 0 aliphatic carbocycles. The maximum atomic E-state index is 5.64. The molecule has 0 aliphatic rings. The Balaban J connectivity index is -0.0000000215. The lowest BCUT2D eigenvalue weighted by atomic mass is 10.2. The fourth-order valence-corrected chi connectivity index (χ4v) is 1.70. The third-order valence-corrected chi connectivity index (χ3v) is 3.18. The second kappa shape index (κ2) is 42.0. The zero-order valence-electron chi connectivity index (χ0n) is 22.7. The van der Waals surface area contributed by atoms with E-state index in [1.54, 1.807) is 0 Å². The predicted octanol–water partition coefficient (Wildman–Crippen LogP) is 12.8. The molecule has 0 saturated carbocycles. The standard InChI is InChI=1S/C13H28O2.C11H24O4.10CH4.B.2H2/c1-12(2,3)14-10-8-7-9-11-15-13(4,5)6;1-10(2,3)14-8-12-7-13-9-15-11(4,5)6;;;;;;;;;;;;;/h7-11H2,1-6H3;7-9H2,1-6H3;10*1H4;;2*1H/i;;;;;;;;;;;;;2*1+1. The zero-order chi connectivity index (χ0) is 23.9. The predicted molar refractivity (Wildman–Crippen MR) is 201 cm³/mol. The van der Waals surface area contributed by atoms with Gasteiger partial charge in [-0.2, -0.15) is 0 Å². The molecule has 0 aliphatic heterocycles. The molecule has 0 unspecified atom stereocenters. The lowest BCUT2D eigenvalue weighted by Crippen LogP contribution is -2.23. The van der Waals surface area contributed by atoms with Crippen molar-refractivity contribution in [2.75, 3.05) is 33.6 Å². The molecule has 0 aromatic heterocycles. The van der Waals surface area contributed by atoms with Crippen LogP contribution in [0.25, 0.3) is 0 Å². The Bertz CT molecular complexity index is 330. The second-order valence-electron chi connectivity index (χ2n) is 11.3. The van der Waals surface area contributed by atoms with Crippen molar-refractivity contribution in [2.24, 2.45) is 0 Å². The van der Waals surface area contributed by atoms with Crippen LogP contribution < -0.4 is 0 Å². The van der Waals surface area contributed by atoms with Crippen LogP contribution in [0, 0.1) is 0 Å². The van der Waals surface area contributed by atoms with E-state index in [2.05, 4.69) is 41.5 Å². The van der Waals surface area contributed by atoms with Crippen LogP contribution in [0.2, 0.25) is 0 Å². The van der Waals surface area contributed by atoms with Crippen LogP contribution in [0.1, 0.15) is 179 Å². The highest BCUT2D eigenvalue weighted by atomic mass is 16.8. The Kier molecular flexibility index (Phi) is 85.6. The topological polar surface area (TPSA) is 55.4 Å². The molecular weight excluding hydrogens is 515 g/mol. The first-order valence-corrected chi connectivity index (χ1v) is 11.1. The van der Waals surface area contributed by atoms with Crippen molar-refractivity contribution in [1.29, 1.82) is 0 Å². The van der Waals surface area contributed by atoms with Crippen LogP contribution >= 0.6 is 0 Å². The quantitative estimate of drug-likeness (QED) is 0.124. The van der Waals surface area contributed by atoms with Crippen LogP contribution in [-0.4, -0.2) is 64.4 Å². The molecular formula is C34H96BO6. The molecule has 0 bridgehead atoms. The van der Waals surface area contributed by atoms with E-state index in [0.717, 1.165) is 26.1 Å². The maximum absolute atomic E-state index is 5.64. The van der Waals surface area contributed by atoms with Gasteiger partial charge in [0.15, 0.2) is 6.79 Å². The van der Waals surface area contributed by atoms with Gasteiger partial charge in [-0.05, 0) is 102 Å². The Morgan fingerprint density at radius 1 is 0.341 bits per heavy atom. The highest BCUT2D eigenvalue weighted by molar-refractivity contribution is 5.75. The minimum atomic E-state index is -0.179. The van der Waals surface area contributed by atoms with E-state index in [-0.39, 0.29) is 128 Å². The lowest BCUT2D eigenvalue weighted by Gasteiger charge is -2.20. The molecule has 7 heteroatoms. The van der Waals surface area contributed by atoms with Gasteiger partial charge in [0.2, 0.25) is 0 Å². The average Bonchev–Trinajstić information content (AvgIpc) is 2.49. The van der Waals surface area contributed by atoms with Gasteiger partial charge < -0.3 is 28.4 Å². The summed E-state index contributed by atoms with van der Waals surface area (Å²) >= 11 is 0. The smallest absolute Gasteiger partial charge is 0.152 e. The van der Waals surface area contributed by atoms with Crippen LogP contribution in [-0.2, 0) is 28.4 Å². The van der Waals surface area contributed by atoms with E-state index in [1.807, 2.05) is 41.5 Å². The Labute approximate surface area is 272 Å². The average molecular weight is 614 g/mol. The van der Waals surface area contributed by atoms with E-state index in [4.69, 9.17) is 28.4 Å². The molecule has 6 nitrogen and oxygen atoms in total. The molecule has 0 rings (SSSR count). The number of unbranched alkanes of at least 4 members (excludes halogenated alkanes) is 2. The molecule has 0 amide bonds. The van der Waals surface area contributed by atoms with E-state index in [9.17, 15) is 0 Å². The summed E-state index contributed by atoms with van der Waals surface area (Å²) in [4.78, 5) is 0. The van der Waals surface area contributed by atoms with Crippen LogP contribution in [0.15, 0.2) is 0 Å². The summed E-state index contributed by atoms with van der Waals surface area (Å²) in [6, 6.07) is 0. The van der Waals surface area contributed by atoms with Crippen molar-refractivity contribution >= 4 is 8.41 Å². The fraction of sp³-hybridized carbons (Fsp3) is 1.00. The van der Waals surface area contributed by atoms with Gasteiger partial charge in [-0.15, -0.1) is 0 Å². The fourth-order valence-electron chi connectivity index (χ4n) is 1.70. The normalized spacial score (nSPS) is 9.66. The van der Waals surface area contributed by atoms with Crippen molar-refractivity contribution in [2.45, 2.75) is 199 Å². The molecule has 0 aromatic carbocycles. The van der Waals surface area contributed by atoms with E-state index >= 15 is 0 Å². The van der Waals surface area contributed by atoms with Gasteiger partial charge in [0.05, 0.1) is 22.4 Å². The van der Waals surface area contributed by atoms with Gasteiger partial charge in [0, 0.05) is 24.5 Å². The summed E-state index contributed by atoms with van der Waals surface area (Å²) in [6.45, 7) is 26.8. The molecule has 41 heavy (non-hydrogen) atoms. The van der Waals surface area contributed by atoms with E-state index in [1.165, 1.54) is 6.42 Å². The van der Waals surface area contributed by atoms with Gasteiger partial charge in [-0.3, -0.25) is 0 Å². The van der Waals surface area contributed by atoms with Crippen LogP contribution in [0.4, 0.5) is 0 Å². The van der Waals surface area contributed by atoms with Crippen LogP contribution in [0.5, 0.6) is 0 Å². The molecule has 0 atom stereocenters. The minimum absolute atomic E-state index is 0. The molecule has 0 N–H and O–H groups in total. The number of hydrogen-bond acceptors (Lipinski definition) is 6. The minimum Gasteiger partial charge on any atom is -0.376 e. The molecule has 3 radical (unpaired) electrons. The first-order valence-electron chi connectivity index (χ1n) is 11.1. The summed E-state index contributed by atoms with van der Waals surface area (Å²) in [7, 11) is 0. The van der Waals surface area contributed by atoms with Crippen molar-refractivity contribution in [1.82, 2.24) is 0 Å². The van der Waals surface area contributed by atoms with Crippen molar-refractivity contribution in [3.8, 4) is 0 Å². The summed E-state index contributed by atoms with van der Waals surface area (Å²) in [6.07, 6.45) is 3.45. The Morgan fingerprint density at radius 3 is 0.756 bits per heavy atom. The van der Waals surface area contributed by atoms with Gasteiger partial charge in [-0.25, -0.2) is 0 Å². The first-order chi connectivity index (χ1) is 13.4. The molecule has 0 saturated heterocycles. The van der Waals surface area contributed by atoms with Crippen LogP contribution in [0.3, 0.4) is 0 Å². The SMILES string of the molecule is C.C.C.C.C.C.C.C.C.C.CC(C)(C)OCCCCCOC(C)(C)C.CC(C)(C)OCOCOCOC(C)(C)C.[2HH].[2HH].[B]. The van der Waals surface area contributed by atoms with E-state index < -0.39 is 0 Å². The van der Waals surface area contributed by atoms with Gasteiger partial charge in [0.25, 0.3) is 0 Å². The lowest BCUT2D eigenvalue weighted by molar-refractivity contribution is -0.206. The zero-order valence-corrected chi connectivity index (χ0v) is 22.7. The van der Waals surface area contributed by atoms with E-state index in [0.29, 0.717) is 0 Å². The summed E-state index contributed by atoms with van der Waals surface area (Å²) in [5.41, 5.74) is -0.354. The summed E-state index contributed by atoms with van der Waals surface area (Å²) in [5.74, 6) is 0. The van der Waals surface area contributed by atoms with Gasteiger partial charge >= 0.3 is 0 Å². The molecule has 0 aromatic rings. The third kappa shape index (κ3) is 100. The molecule has 0 fully saturated rings. The van der Waals surface area contributed by atoms with Crippen molar-refractivity contribution in [3.05, 3.63) is 0 Å². The number of ether oxygens (including phenoxy) is 6. The molecule has 0 heterocycles. The van der Waals surface area contributed by atoms with Gasteiger partial charge in [-0.1, -0.05) is 74.3 Å². The Morgan fingerprint density at radius 2 is 0.561 bits per heavy atom. The Hall–Kier alpha value is -0.175. The van der Waals surface area contributed by atoms with Crippen molar-refractivity contribution < 1.29 is 31.3 Å². The number of rotatable bonds is 12. The first kappa shape index (κ1) is 83.6. The molecule has 0 spiro atoms. The highest BCUT2D eigenvalue weighted by Crippen LogP contribution is 2.11. The van der Waals surface area contributed by atoms with Crippen molar-refractivity contribution in [3.63, 3.8) is 0 Å². The van der Waals surface area contributed by atoms with Gasteiger partial charge in [0.1, 0.15) is 13.6 Å². The summed E-state index contributed by atoms with van der Waals surface area (Å²) in [5, 5.41) is 0.